The molecule has 0 aliphatic carbocycles. The molecule has 0 aliphatic rings. The Labute approximate surface area is 47.8 Å². The van der Waals surface area contributed by atoms with E-state index in [0.29, 0.717) is 5.03 Å². The van der Waals surface area contributed by atoms with Crippen molar-refractivity contribution in [2.75, 3.05) is 0 Å². The maximum Gasteiger partial charge on any atom is 0.199 e. The van der Waals surface area contributed by atoms with Crippen LogP contribution in [0.5, 0.6) is 0 Å². The average Bonchev–Trinajstić information content (AvgIpc) is 1.68. The summed E-state index contributed by atoms with van der Waals surface area (Å²) in [6.07, 6.45) is 4.10. The number of halogens is 1. The SMILES string of the molecule is [CH+]=C/C=C(/Cl)C=[NH2+]. The lowest BCUT2D eigenvalue weighted by Crippen LogP contribution is -2.29. The largest absolute Gasteiger partial charge is 0.258 e. The molecule has 0 atom stereocenters. The molecule has 7 heavy (non-hydrogen) atoms. The Hall–Kier alpha value is -0.650. The van der Waals surface area contributed by atoms with Crippen LogP contribution >= 0.6 is 11.6 Å². The Balaban J connectivity index is 3.72. The Morgan fingerprint density at radius 1 is 1.71 bits per heavy atom. The van der Waals surface area contributed by atoms with Crippen LogP contribution in [0.4, 0.5) is 0 Å². The minimum atomic E-state index is 0.447. The number of hydrogen-bond acceptors (Lipinski definition) is 0. The van der Waals surface area contributed by atoms with E-state index in [1.807, 2.05) is 0 Å². The fraction of sp³-hybridized carbons (Fsp3) is 0. The molecule has 0 aromatic heterocycles. The predicted octanol–water partition coefficient (Wildman–Crippen LogP) is -0.0718. The molecule has 0 aromatic carbocycles. The Kier molecular flexibility index (Phi) is 3.21. The summed E-state index contributed by atoms with van der Waals surface area (Å²) >= 11 is 5.33. The molecule has 0 bridgehead atoms. The van der Waals surface area contributed by atoms with Crippen molar-refractivity contribution in [1.29, 1.82) is 0 Å². The van der Waals surface area contributed by atoms with Crippen LogP contribution in [-0.4, -0.2) is 6.21 Å². The molecular formula is C5H6ClN+2. The van der Waals surface area contributed by atoms with Crippen molar-refractivity contribution in [3.8, 4) is 0 Å². The van der Waals surface area contributed by atoms with Gasteiger partial charge in [-0.25, -0.2) is 0 Å². The van der Waals surface area contributed by atoms with Crippen LogP contribution in [0.2, 0.25) is 0 Å². The molecule has 0 unspecified atom stereocenters. The summed E-state index contributed by atoms with van der Waals surface area (Å²) in [6.45, 7) is 4.94. The highest BCUT2D eigenvalue weighted by molar-refractivity contribution is 6.38. The quantitative estimate of drug-likeness (QED) is 0.296. The van der Waals surface area contributed by atoms with E-state index in [0.717, 1.165) is 0 Å². The summed E-state index contributed by atoms with van der Waals surface area (Å²) < 4.78 is 0. The lowest BCUT2D eigenvalue weighted by atomic mass is 10.5. The van der Waals surface area contributed by atoms with Crippen LogP contribution in [-0.2, 0) is 0 Å². The van der Waals surface area contributed by atoms with Crippen molar-refractivity contribution in [3.63, 3.8) is 0 Å². The third-order valence-corrected chi connectivity index (χ3v) is 0.667. The van der Waals surface area contributed by atoms with Crippen LogP contribution in [0.1, 0.15) is 0 Å². The summed E-state index contributed by atoms with van der Waals surface area (Å²) in [7, 11) is 0. The Morgan fingerprint density at radius 2 is 2.29 bits per heavy atom. The van der Waals surface area contributed by atoms with Crippen molar-refractivity contribution < 1.29 is 5.41 Å². The van der Waals surface area contributed by atoms with E-state index in [1.165, 1.54) is 18.4 Å². The molecule has 0 heterocycles. The molecule has 2 N–H and O–H groups in total. The third-order valence-electron chi connectivity index (χ3n) is 0.415. The number of nitrogens with two attached hydrogens (primary N) is 1. The number of hydrogen-bond donors (Lipinski definition) is 1. The summed E-state index contributed by atoms with van der Waals surface area (Å²) in [5, 5.41) is 5.40. The lowest BCUT2D eigenvalue weighted by Gasteiger charge is -1.62. The number of allylic oxidation sites excluding steroid dienone is 3. The van der Waals surface area contributed by atoms with Crippen molar-refractivity contribution in [2.24, 2.45) is 0 Å². The highest BCUT2D eigenvalue weighted by Gasteiger charge is 1.87. The third kappa shape index (κ3) is 3.17. The molecule has 36 valence electrons. The van der Waals surface area contributed by atoms with Crippen molar-refractivity contribution in [3.05, 3.63) is 23.8 Å². The van der Waals surface area contributed by atoms with Gasteiger partial charge in [0.05, 0.1) is 6.08 Å². The Morgan fingerprint density at radius 3 is 2.43 bits per heavy atom. The van der Waals surface area contributed by atoms with Gasteiger partial charge in [0.1, 0.15) is 0 Å². The van der Waals surface area contributed by atoms with E-state index in [4.69, 9.17) is 23.6 Å². The monoisotopic (exact) mass is 115 g/mol. The van der Waals surface area contributed by atoms with Crippen LogP contribution in [0, 0.1) is 6.58 Å². The van der Waals surface area contributed by atoms with E-state index < -0.39 is 0 Å². The molecule has 0 radical (unpaired) electrons. The maximum absolute atomic E-state index is 5.33. The smallest absolute Gasteiger partial charge is 0.199 e. The topological polar surface area (TPSA) is 25.6 Å². The molecule has 0 fully saturated rings. The second kappa shape index (κ2) is 3.54. The second-order valence-electron chi connectivity index (χ2n) is 0.911. The van der Waals surface area contributed by atoms with Gasteiger partial charge < -0.3 is 0 Å². The van der Waals surface area contributed by atoms with Gasteiger partial charge in [0, 0.05) is 6.58 Å². The molecule has 0 amide bonds. The summed E-state index contributed by atoms with van der Waals surface area (Å²) in [6, 6.07) is 0. The van der Waals surface area contributed by atoms with E-state index in [1.54, 1.807) is 0 Å². The van der Waals surface area contributed by atoms with Crippen molar-refractivity contribution in [2.45, 2.75) is 0 Å². The lowest BCUT2D eigenvalue weighted by molar-refractivity contribution is -0.104. The van der Waals surface area contributed by atoms with E-state index in [9.17, 15) is 0 Å². The highest BCUT2D eigenvalue weighted by Crippen LogP contribution is 1.92. The minimum absolute atomic E-state index is 0.447. The molecule has 0 rings (SSSR count). The van der Waals surface area contributed by atoms with Gasteiger partial charge in [-0.3, -0.25) is 5.41 Å². The van der Waals surface area contributed by atoms with Gasteiger partial charge in [0.2, 0.25) is 0 Å². The van der Waals surface area contributed by atoms with Crippen LogP contribution in [0.3, 0.4) is 0 Å². The minimum Gasteiger partial charge on any atom is -0.258 e. The molecule has 0 saturated carbocycles. The maximum atomic E-state index is 5.33. The summed E-state index contributed by atoms with van der Waals surface area (Å²) in [4.78, 5) is 0. The van der Waals surface area contributed by atoms with E-state index in [-0.39, 0.29) is 0 Å². The van der Waals surface area contributed by atoms with Crippen LogP contribution < -0.4 is 5.41 Å². The van der Waals surface area contributed by atoms with Gasteiger partial charge in [0.25, 0.3) is 0 Å². The van der Waals surface area contributed by atoms with Crippen molar-refractivity contribution in [1.82, 2.24) is 0 Å². The van der Waals surface area contributed by atoms with Gasteiger partial charge in [-0.2, -0.15) is 0 Å². The van der Waals surface area contributed by atoms with Gasteiger partial charge >= 0.3 is 0 Å². The first-order valence-electron chi connectivity index (χ1n) is 1.77. The van der Waals surface area contributed by atoms with Crippen LogP contribution in [0.25, 0.3) is 0 Å². The Bertz CT molecular complexity index is 105. The molecule has 0 aliphatic heterocycles. The molecule has 0 saturated heterocycles. The van der Waals surface area contributed by atoms with Gasteiger partial charge in [0.15, 0.2) is 17.3 Å². The van der Waals surface area contributed by atoms with Crippen LogP contribution in [0.15, 0.2) is 17.2 Å². The van der Waals surface area contributed by atoms with E-state index in [2.05, 4.69) is 0 Å². The summed E-state index contributed by atoms with van der Waals surface area (Å²) in [5.74, 6) is 0. The fourth-order valence-electron chi connectivity index (χ4n) is 0.147. The van der Waals surface area contributed by atoms with Gasteiger partial charge in [-0.15, -0.1) is 0 Å². The molecule has 0 spiro atoms. The first kappa shape index (κ1) is 6.35. The normalized spacial score (nSPS) is 10.6. The van der Waals surface area contributed by atoms with Gasteiger partial charge in [-0.05, 0) is 0 Å². The fourth-order valence-corrected chi connectivity index (χ4v) is 0.220. The zero-order valence-corrected chi connectivity index (χ0v) is 4.52. The van der Waals surface area contributed by atoms with Gasteiger partial charge in [-0.1, -0.05) is 11.6 Å². The zero-order valence-electron chi connectivity index (χ0n) is 3.76. The summed E-state index contributed by atoms with van der Waals surface area (Å²) in [5.41, 5.74) is 0. The first-order valence-corrected chi connectivity index (χ1v) is 2.14. The molecule has 0 aromatic rings. The zero-order chi connectivity index (χ0) is 5.70. The average molecular weight is 116 g/mol. The van der Waals surface area contributed by atoms with E-state index >= 15 is 0 Å². The molecular weight excluding hydrogens is 110 g/mol. The first-order chi connectivity index (χ1) is 3.31. The molecule has 2 heteroatoms. The molecule has 1 nitrogen and oxygen atoms in total. The predicted molar refractivity (Wildman–Crippen MR) is 30.8 cm³/mol. The standard InChI is InChI=1S/C5H5ClN/c1-2-3-5(6)4-7/h1-4,7H/q+1/p+1/b5-3+,7-4?. The van der Waals surface area contributed by atoms with Crippen molar-refractivity contribution >= 4 is 17.8 Å². The highest BCUT2D eigenvalue weighted by atomic mass is 35.5. The number of rotatable bonds is 2. The second-order valence-corrected chi connectivity index (χ2v) is 1.35.